The van der Waals surface area contributed by atoms with E-state index < -0.39 is 44.8 Å². The second-order valence-corrected chi connectivity index (χ2v) is 8.21. The molecule has 0 radical (unpaired) electrons. The average molecular weight is 458 g/mol. The summed E-state index contributed by atoms with van der Waals surface area (Å²) in [5.41, 5.74) is 0. The summed E-state index contributed by atoms with van der Waals surface area (Å²) in [5, 5.41) is -4.91. The van der Waals surface area contributed by atoms with Crippen LogP contribution in [0.3, 0.4) is 0 Å². The third-order valence-corrected chi connectivity index (χ3v) is 7.22. The summed E-state index contributed by atoms with van der Waals surface area (Å²) in [6.07, 6.45) is 0.690. The summed E-state index contributed by atoms with van der Waals surface area (Å²) in [7, 11) is -10.9. The van der Waals surface area contributed by atoms with E-state index in [-0.39, 0.29) is 70.1 Å². The molecule has 0 aromatic heterocycles. The third kappa shape index (κ3) is 5.97. The zero-order chi connectivity index (χ0) is 14.5. The van der Waals surface area contributed by atoms with E-state index in [1.54, 1.807) is 0 Å². The molecule has 1 aliphatic carbocycles. The molecule has 2 unspecified atom stereocenters. The van der Waals surface area contributed by atoms with Crippen LogP contribution in [-0.4, -0.2) is 46.3 Å². The molecule has 0 aliphatic heterocycles. The van der Waals surface area contributed by atoms with Crippen LogP contribution in [0.2, 0.25) is 0 Å². The number of rotatable bonds is 2. The largest absolute Gasteiger partial charge is 1.00 e. The fourth-order valence-corrected chi connectivity index (χ4v) is 5.58. The second-order valence-electron chi connectivity index (χ2n) is 3.16. The first-order valence-corrected chi connectivity index (χ1v) is 8.24. The molecule has 0 saturated heterocycles. The summed E-state index contributed by atoms with van der Waals surface area (Å²) in [6.45, 7) is 0. The molecule has 0 aromatic rings. The van der Waals surface area contributed by atoms with Crippen molar-refractivity contribution in [1.82, 2.24) is 0 Å². The van der Waals surface area contributed by atoms with Gasteiger partial charge in [-0.3, -0.25) is 0 Å². The first kappa shape index (κ1) is 32.1. The van der Waals surface area contributed by atoms with Crippen LogP contribution >= 0.6 is 46.4 Å². The smallest absolute Gasteiger partial charge is 0.747 e. The Morgan fingerprint density at radius 2 is 1.36 bits per heavy atom. The molecule has 0 saturated carbocycles. The standard InChI is InChI=1S/C6H4Cl4O6S2.2Na.2H2O/c7-2-1-3(8)6(10,18(14,15)16)5(4(2)9)17(11,12)13;;;;/h1,5H,(H,11,12,13)(H,14,15,16);;;2*1H2/q;2*+1;;/p-2. The van der Waals surface area contributed by atoms with E-state index in [1.165, 1.54) is 0 Å². The quantitative estimate of drug-likeness (QED) is 0.226. The fraction of sp³-hybridized carbons (Fsp3) is 0.333. The number of hydrogen-bond acceptors (Lipinski definition) is 6. The van der Waals surface area contributed by atoms with Gasteiger partial charge in [-0.05, 0) is 6.08 Å². The predicted octanol–water partition coefficient (Wildman–Crippen LogP) is -6.44. The van der Waals surface area contributed by atoms with E-state index >= 15 is 0 Å². The van der Waals surface area contributed by atoms with Crippen LogP contribution in [0, 0.1) is 0 Å². The molecule has 120 valence electrons. The zero-order valence-electron chi connectivity index (χ0n) is 10.9. The Morgan fingerprint density at radius 1 is 1.00 bits per heavy atom. The molecule has 22 heavy (non-hydrogen) atoms. The Bertz CT molecular complexity index is 660. The van der Waals surface area contributed by atoms with Crippen molar-refractivity contribution in [1.29, 1.82) is 0 Å². The molecule has 1 aliphatic rings. The van der Waals surface area contributed by atoms with Gasteiger partial charge in [0, 0.05) is 0 Å². The van der Waals surface area contributed by atoms with Gasteiger partial charge in [-0.15, -0.1) is 0 Å². The second kappa shape index (κ2) is 10.5. The molecule has 0 amide bonds. The van der Waals surface area contributed by atoms with E-state index in [0.29, 0.717) is 6.08 Å². The van der Waals surface area contributed by atoms with E-state index in [1.807, 2.05) is 0 Å². The first-order valence-electron chi connectivity index (χ1n) is 3.85. The van der Waals surface area contributed by atoms with Gasteiger partial charge in [-0.1, -0.05) is 46.4 Å². The van der Waals surface area contributed by atoms with Crippen LogP contribution in [0.15, 0.2) is 21.2 Å². The molecule has 16 heteroatoms. The van der Waals surface area contributed by atoms with Crippen molar-refractivity contribution >= 4 is 66.6 Å². The molecular weight excluding hydrogens is 452 g/mol. The van der Waals surface area contributed by atoms with Crippen LogP contribution < -0.4 is 59.1 Å². The minimum atomic E-state index is -5.50. The third-order valence-electron chi connectivity index (χ3n) is 2.03. The molecular formula is C6H6Cl4Na2O8S2. The van der Waals surface area contributed by atoms with Crippen molar-refractivity contribution in [3.8, 4) is 0 Å². The van der Waals surface area contributed by atoms with Gasteiger partial charge >= 0.3 is 59.1 Å². The van der Waals surface area contributed by atoms with Crippen molar-refractivity contribution in [2.75, 3.05) is 0 Å². The molecule has 1 rings (SSSR count). The molecule has 0 fully saturated rings. The number of alkyl halides is 1. The minimum absolute atomic E-state index is 0. The Labute approximate surface area is 190 Å². The number of allylic oxidation sites excluding steroid dienone is 2. The van der Waals surface area contributed by atoms with Crippen LogP contribution in [-0.2, 0) is 20.2 Å². The van der Waals surface area contributed by atoms with E-state index in [9.17, 15) is 25.9 Å². The van der Waals surface area contributed by atoms with Crippen LogP contribution in [0.4, 0.5) is 0 Å². The van der Waals surface area contributed by atoms with Crippen molar-refractivity contribution in [3.63, 3.8) is 0 Å². The molecule has 0 spiro atoms. The minimum Gasteiger partial charge on any atom is -0.747 e. The monoisotopic (exact) mass is 456 g/mol. The molecule has 0 heterocycles. The van der Waals surface area contributed by atoms with Crippen LogP contribution in [0.25, 0.3) is 0 Å². The SMILES string of the molecule is O.O.O=S(=O)([O-])C1C(Cl)=C(Cl)C=C(Cl)C1(Cl)S(=O)(=O)[O-].[Na+].[Na+]. The topological polar surface area (TPSA) is 177 Å². The van der Waals surface area contributed by atoms with Crippen molar-refractivity contribution in [2.24, 2.45) is 0 Å². The summed E-state index contributed by atoms with van der Waals surface area (Å²) < 4.78 is 63.2. The van der Waals surface area contributed by atoms with Gasteiger partial charge in [0.2, 0.25) is 0 Å². The normalized spacial score (nSPS) is 24.8. The van der Waals surface area contributed by atoms with Crippen molar-refractivity contribution in [3.05, 3.63) is 21.2 Å². The molecule has 4 N–H and O–H groups in total. The fourth-order valence-electron chi connectivity index (χ4n) is 1.25. The summed E-state index contributed by atoms with van der Waals surface area (Å²) in [5.74, 6) is 0. The number of hydrogen-bond donors (Lipinski definition) is 0. The van der Waals surface area contributed by atoms with Gasteiger partial charge in [0.1, 0.15) is 25.5 Å². The van der Waals surface area contributed by atoms with Crippen LogP contribution in [0.1, 0.15) is 0 Å². The maximum atomic E-state index is 11.1. The van der Waals surface area contributed by atoms with E-state index in [0.717, 1.165) is 0 Å². The van der Waals surface area contributed by atoms with Gasteiger partial charge < -0.3 is 20.1 Å². The summed E-state index contributed by atoms with van der Waals surface area (Å²) in [6, 6.07) is 0. The van der Waals surface area contributed by atoms with Gasteiger partial charge in [0.25, 0.3) is 0 Å². The Kier molecular flexibility index (Phi) is 15.3. The van der Waals surface area contributed by atoms with Gasteiger partial charge in [-0.2, -0.15) is 0 Å². The summed E-state index contributed by atoms with van der Waals surface area (Å²) >= 11 is 21.8. The van der Waals surface area contributed by atoms with Gasteiger partial charge in [-0.25, -0.2) is 16.8 Å². The Morgan fingerprint density at radius 3 is 1.64 bits per heavy atom. The number of halogens is 4. The Balaban J connectivity index is -0.000000405. The molecule has 0 aromatic carbocycles. The zero-order valence-corrected chi connectivity index (χ0v) is 19.6. The maximum absolute atomic E-state index is 11.1. The predicted molar refractivity (Wildman–Crippen MR) is 71.7 cm³/mol. The first-order chi connectivity index (χ1) is 7.83. The molecule has 8 nitrogen and oxygen atoms in total. The van der Waals surface area contributed by atoms with E-state index in [4.69, 9.17) is 46.4 Å². The summed E-state index contributed by atoms with van der Waals surface area (Å²) in [4.78, 5) is 0. The van der Waals surface area contributed by atoms with Gasteiger partial charge in [0.05, 0.1) is 15.1 Å². The van der Waals surface area contributed by atoms with Crippen molar-refractivity contribution in [2.45, 2.75) is 9.46 Å². The van der Waals surface area contributed by atoms with Crippen molar-refractivity contribution < 1.29 is 96.0 Å². The molecule has 0 bridgehead atoms. The van der Waals surface area contributed by atoms with E-state index in [2.05, 4.69) is 0 Å². The molecule has 2 atom stereocenters. The Hall–Kier alpha value is 2.38. The average Bonchev–Trinajstić information content (AvgIpc) is 2.11. The maximum Gasteiger partial charge on any atom is 1.00 e. The van der Waals surface area contributed by atoms with Gasteiger partial charge in [0.15, 0.2) is 4.21 Å². The van der Waals surface area contributed by atoms with Crippen LogP contribution in [0.5, 0.6) is 0 Å².